The normalized spacial score (nSPS) is 11.0. The van der Waals surface area contributed by atoms with Crippen molar-refractivity contribution in [2.45, 2.75) is 13.0 Å². The number of rotatable bonds is 4. The summed E-state index contributed by atoms with van der Waals surface area (Å²) in [5.41, 5.74) is 1.94. The van der Waals surface area contributed by atoms with Crippen LogP contribution in [-0.4, -0.2) is 17.4 Å². The van der Waals surface area contributed by atoms with Crippen molar-refractivity contribution in [3.63, 3.8) is 0 Å². The van der Waals surface area contributed by atoms with Crippen LogP contribution in [0.4, 0.5) is 0 Å². The third-order valence-electron chi connectivity index (χ3n) is 3.28. The fourth-order valence-corrected chi connectivity index (χ4v) is 2.20. The number of nitrogens with zero attached hydrogens (tertiary/aromatic N) is 1. The Kier molecular flexibility index (Phi) is 5.57. The quantitative estimate of drug-likeness (QED) is 0.619. The minimum Gasteiger partial charge on any atom is -0.321 e. The molecule has 0 fully saturated rings. The molecule has 2 heteroatoms. The van der Waals surface area contributed by atoms with E-state index in [2.05, 4.69) is 18.4 Å². The van der Waals surface area contributed by atoms with Crippen molar-refractivity contribution >= 4 is 5.91 Å². The minimum absolute atomic E-state index is 0.0175. The lowest BCUT2D eigenvalue weighted by atomic mass is 10.0. The Bertz CT molecular complexity index is 680. The van der Waals surface area contributed by atoms with Gasteiger partial charge < -0.3 is 4.90 Å². The fourth-order valence-electron chi connectivity index (χ4n) is 2.20. The Hall–Kier alpha value is -2.79. The summed E-state index contributed by atoms with van der Waals surface area (Å²) in [6.45, 7) is 5.76. The predicted molar refractivity (Wildman–Crippen MR) is 90.1 cm³/mol. The summed E-state index contributed by atoms with van der Waals surface area (Å²) in [4.78, 5) is 13.7. The Morgan fingerprint density at radius 3 is 2.27 bits per heavy atom. The van der Waals surface area contributed by atoms with Crippen molar-refractivity contribution in [1.82, 2.24) is 4.90 Å². The van der Waals surface area contributed by atoms with Gasteiger partial charge in [-0.3, -0.25) is 4.79 Å². The molecule has 2 aromatic rings. The van der Waals surface area contributed by atoms with Crippen LogP contribution in [0, 0.1) is 11.8 Å². The molecule has 0 aromatic heterocycles. The zero-order valence-electron chi connectivity index (χ0n) is 12.7. The van der Waals surface area contributed by atoms with Crippen LogP contribution in [0.15, 0.2) is 73.3 Å². The van der Waals surface area contributed by atoms with Gasteiger partial charge in [0.25, 0.3) is 0 Å². The summed E-state index contributed by atoms with van der Waals surface area (Å²) in [5, 5.41) is 0. The van der Waals surface area contributed by atoms with Gasteiger partial charge in [0.1, 0.15) is 6.04 Å². The van der Waals surface area contributed by atoms with Crippen molar-refractivity contribution in [1.29, 1.82) is 0 Å². The second-order valence-corrected chi connectivity index (χ2v) is 4.91. The van der Waals surface area contributed by atoms with E-state index in [4.69, 9.17) is 0 Å². The van der Waals surface area contributed by atoms with Crippen molar-refractivity contribution < 1.29 is 4.79 Å². The third-order valence-corrected chi connectivity index (χ3v) is 3.28. The molecule has 2 rings (SSSR count). The zero-order chi connectivity index (χ0) is 15.8. The predicted octanol–water partition coefficient (Wildman–Crippen LogP) is 3.81. The van der Waals surface area contributed by atoms with Gasteiger partial charge in [-0.1, -0.05) is 66.4 Å². The van der Waals surface area contributed by atoms with E-state index in [0.29, 0.717) is 6.54 Å². The van der Waals surface area contributed by atoms with E-state index in [9.17, 15) is 4.79 Å². The van der Waals surface area contributed by atoms with Gasteiger partial charge in [-0.25, -0.2) is 0 Å². The van der Waals surface area contributed by atoms with Crippen molar-refractivity contribution in [2.75, 3.05) is 6.54 Å². The molecule has 0 saturated heterocycles. The average Bonchev–Trinajstić information content (AvgIpc) is 2.56. The molecule has 0 bridgehead atoms. The fraction of sp³-hybridized carbons (Fsp3) is 0.150. The van der Waals surface area contributed by atoms with Crippen molar-refractivity contribution in [2.24, 2.45) is 0 Å². The Labute approximate surface area is 132 Å². The summed E-state index contributed by atoms with van der Waals surface area (Å²) in [5.74, 6) is 6.37. The molecule has 22 heavy (non-hydrogen) atoms. The topological polar surface area (TPSA) is 20.3 Å². The molecule has 2 nitrogen and oxygen atoms in total. The number of hydrogen-bond donors (Lipinski definition) is 0. The zero-order valence-corrected chi connectivity index (χ0v) is 12.7. The molecule has 0 aliphatic heterocycles. The summed E-state index contributed by atoms with van der Waals surface area (Å²) in [6.07, 6.45) is 1.72. The standard InChI is InChI=1S/C20H19NO/c1-3-16-21(17(2)22)20(19-12-8-5-9-13-19)15-14-18-10-6-4-7-11-18/h3-13,20H,1,16H2,2H3. The molecule has 2 aromatic carbocycles. The first kappa shape index (κ1) is 15.6. The van der Waals surface area contributed by atoms with Crippen LogP contribution in [0.25, 0.3) is 0 Å². The second kappa shape index (κ2) is 7.85. The summed E-state index contributed by atoms with van der Waals surface area (Å²) < 4.78 is 0. The second-order valence-electron chi connectivity index (χ2n) is 4.91. The molecule has 1 atom stereocenters. The van der Waals surface area contributed by atoms with Crippen LogP contribution < -0.4 is 0 Å². The molecular weight excluding hydrogens is 270 g/mol. The minimum atomic E-state index is -0.281. The van der Waals surface area contributed by atoms with Gasteiger partial charge in [-0.15, -0.1) is 6.58 Å². The van der Waals surface area contributed by atoms with E-state index < -0.39 is 0 Å². The van der Waals surface area contributed by atoms with Gasteiger partial charge in [0, 0.05) is 19.0 Å². The molecule has 110 valence electrons. The Balaban J connectivity index is 2.40. The van der Waals surface area contributed by atoms with E-state index in [-0.39, 0.29) is 11.9 Å². The first-order valence-corrected chi connectivity index (χ1v) is 7.22. The van der Waals surface area contributed by atoms with E-state index in [1.54, 1.807) is 17.9 Å². The number of carbonyl (C=O) groups excluding carboxylic acids is 1. The first-order chi connectivity index (χ1) is 10.7. The van der Waals surface area contributed by atoms with Crippen molar-refractivity contribution in [3.8, 4) is 11.8 Å². The molecule has 0 N–H and O–H groups in total. The first-order valence-electron chi connectivity index (χ1n) is 7.22. The van der Waals surface area contributed by atoms with Crippen LogP contribution in [-0.2, 0) is 4.79 Å². The van der Waals surface area contributed by atoms with Gasteiger partial charge >= 0.3 is 0 Å². The monoisotopic (exact) mass is 289 g/mol. The van der Waals surface area contributed by atoms with E-state index >= 15 is 0 Å². The Morgan fingerprint density at radius 1 is 1.14 bits per heavy atom. The number of carbonyl (C=O) groups is 1. The molecule has 0 saturated carbocycles. The van der Waals surface area contributed by atoms with E-state index in [1.807, 2.05) is 60.7 Å². The highest BCUT2D eigenvalue weighted by Crippen LogP contribution is 2.20. The van der Waals surface area contributed by atoms with Gasteiger partial charge in [0.2, 0.25) is 5.91 Å². The number of amides is 1. The van der Waals surface area contributed by atoms with E-state index in [1.165, 1.54) is 0 Å². The van der Waals surface area contributed by atoms with Crippen LogP contribution in [0.2, 0.25) is 0 Å². The van der Waals surface area contributed by atoms with Gasteiger partial charge in [-0.05, 0) is 17.7 Å². The molecule has 0 aliphatic rings. The van der Waals surface area contributed by atoms with Crippen LogP contribution in [0.3, 0.4) is 0 Å². The highest BCUT2D eigenvalue weighted by Gasteiger charge is 2.19. The molecule has 0 heterocycles. The summed E-state index contributed by atoms with van der Waals surface area (Å²) in [7, 11) is 0. The highest BCUT2D eigenvalue weighted by molar-refractivity contribution is 5.74. The van der Waals surface area contributed by atoms with Crippen LogP contribution >= 0.6 is 0 Å². The third kappa shape index (κ3) is 4.10. The van der Waals surface area contributed by atoms with E-state index in [0.717, 1.165) is 11.1 Å². The highest BCUT2D eigenvalue weighted by atomic mass is 16.2. The smallest absolute Gasteiger partial charge is 0.220 e. The average molecular weight is 289 g/mol. The van der Waals surface area contributed by atoms with Crippen LogP contribution in [0.1, 0.15) is 24.1 Å². The molecule has 1 amide bonds. The van der Waals surface area contributed by atoms with Crippen LogP contribution in [0.5, 0.6) is 0 Å². The lowest BCUT2D eigenvalue weighted by molar-refractivity contribution is -0.129. The maximum atomic E-state index is 12.0. The molecular formula is C20H19NO. The van der Waals surface area contributed by atoms with Gasteiger partial charge in [0.05, 0.1) is 0 Å². The Morgan fingerprint density at radius 2 is 1.73 bits per heavy atom. The number of hydrogen-bond acceptors (Lipinski definition) is 1. The molecule has 0 spiro atoms. The van der Waals surface area contributed by atoms with Gasteiger partial charge in [-0.2, -0.15) is 0 Å². The van der Waals surface area contributed by atoms with Gasteiger partial charge in [0.15, 0.2) is 0 Å². The summed E-state index contributed by atoms with van der Waals surface area (Å²) >= 11 is 0. The largest absolute Gasteiger partial charge is 0.321 e. The SMILES string of the molecule is C=CCN(C(C)=O)C(C#Cc1ccccc1)c1ccccc1. The maximum absolute atomic E-state index is 12.0. The maximum Gasteiger partial charge on any atom is 0.220 e. The lowest BCUT2D eigenvalue weighted by Crippen LogP contribution is -2.32. The van der Waals surface area contributed by atoms with Crippen molar-refractivity contribution in [3.05, 3.63) is 84.4 Å². The summed E-state index contributed by atoms with van der Waals surface area (Å²) in [6, 6.07) is 19.3. The molecule has 1 unspecified atom stereocenters. The number of benzene rings is 2. The molecule has 0 aliphatic carbocycles. The molecule has 0 radical (unpaired) electrons. The lowest BCUT2D eigenvalue weighted by Gasteiger charge is -2.26.